The van der Waals surface area contributed by atoms with Gasteiger partial charge in [-0.3, -0.25) is 28.8 Å². The number of hydrogen-bond donors (Lipinski definition) is 6. The van der Waals surface area contributed by atoms with Gasteiger partial charge in [0.1, 0.15) is 36.5 Å². The summed E-state index contributed by atoms with van der Waals surface area (Å²) >= 11 is 0. The molecule has 3 fully saturated rings. The van der Waals surface area contributed by atoms with Crippen LogP contribution in [0.1, 0.15) is 46.2 Å². The van der Waals surface area contributed by atoms with Crippen molar-refractivity contribution in [3.63, 3.8) is 0 Å². The number of para-hydroxylation sites is 1. The molecule has 16 heteroatoms. The zero-order valence-corrected chi connectivity index (χ0v) is 42.8. The van der Waals surface area contributed by atoms with Gasteiger partial charge in [-0.15, -0.1) is 0 Å². The van der Waals surface area contributed by atoms with E-state index in [1.807, 2.05) is 140 Å². The highest BCUT2D eigenvalue weighted by Crippen LogP contribution is 2.28. The van der Waals surface area contributed by atoms with Crippen molar-refractivity contribution >= 4 is 46.2 Å². The molecule has 6 N–H and O–H groups in total. The van der Waals surface area contributed by atoms with E-state index in [9.17, 15) is 9.59 Å². The predicted molar refractivity (Wildman–Crippen MR) is 289 cm³/mol. The largest absolute Gasteiger partial charge is 0.489 e. The average molecular weight is 1030 g/mol. The van der Waals surface area contributed by atoms with Crippen LogP contribution in [-0.4, -0.2) is 138 Å². The van der Waals surface area contributed by atoms with Crippen molar-refractivity contribution in [2.45, 2.75) is 81.9 Å². The highest BCUT2D eigenvalue weighted by molar-refractivity contribution is 5.99. The molecule has 5 aromatic carbocycles. The van der Waals surface area contributed by atoms with Gasteiger partial charge in [0, 0.05) is 102 Å². The van der Waals surface area contributed by atoms with Crippen molar-refractivity contribution in [2.24, 2.45) is 5.92 Å². The lowest BCUT2D eigenvalue weighted by Gasteiger charge is -2.43. The van der Waals surface area contributed by atoms with Crippen molar-refractivity contribution < 1.29 is 33.5 Å². The van der Waals surface area contributed by atoms with Gasteiger partial charge < -0.3 is 51.0 Å². The van der Waals surface area contributed by atoms with Crippen LogP contribution in [0.3, 0.4) is 0 Å². The van der Waals surface area contributed by atoms with Gasteiger partial charge in [0.05, 0.1) is 12.0 Å². The molecule has 16 nitrogen and oxygen atoms in total. The molecule has 3 saturated heterocycles. The molecule has 4 aliphatic heterocycles. The lowest BCUT2D eigenvalue weighted by Crippen LogP contribution is -2.66. The number of benzene rings is 5. The fraction of sp³-hybridized carbons (Fsp3) is 0.367. The Kier molecular flexibility index (Phi) is 16.6. The fourth-order valence-corrected chi connectivity index (χ4v) is 11.1. The Morgan fingerprint density at radius 1 is 0.539 bits per heavy atom. The summed E-state index contributed by atoms with van der Waals surface area (Å²) in [4.78, 5) is 100.0. The van der Waals surface area contributed by atoms with Gasteiger partial charge in [-0.2, -0.15) is 0 Å². The van der Waals surface area contributed by atoms with Crippen LogP contribution in [0, 0.1) is 5.92 Å². The summed E-state index contributed by atoms with van der Waals surface area (Å²) in [5.74, 6) is -3.09. The quantitative estimate of drug-likeness (QED) is 0.105. The van der Waals surface area contributed by atoms with Crippen LogP contribution < -0.4 is 31.3 Å². The van der Waals surface area contributed by atoms with Crippen molar-refractivity contribution in [2.75, 3.05) is 52.4 Å². The summed E-state index contributed by atoms with van der Waals surface area (Å²) < 4.78 is 6.11. The van der Waals surface area contributed by atoms with Crippen molar-refractivity contribution in [1.29, 1.82) is 0 Å². The first-order chi connectivity index (χ1) is 37.1. The predicted octanol–water partition coefficient (Wildman–Crippen LogP) is 3.87. The van der Waals surface area contributed by atoms with E-state index < -0.39 is 65.7 Å². The fourth-order valence-electron chi connectivity index (χ4n) is 11.1. The SMILES string of the molecule is O=C1N[C@@H](CCc2ccccc2)C(=O)N[C@H](Cc2c[nH]c3ccccc23)C(=O)C[C@@H](CN2CCNCC2)C(=O)N[C@@H](Cc2ccc(OCc3ccccc3)cc2)C(=O)N2Cc3ccccc3C[C@H]2C(=O)N2CCNCC12. The number of Topliss-reactive ketones (excluding diaryl/α,β-unsaturated/α-hetero) is 1. The number of nitrogens with one attached hydrogen (secondary N) is 6. The Morgan fingerprint density at radius 3 is 1.99 bits per heavy atom. The third kappa shape index (κ3) is 12.5. The number of aryl methyl sites for hydroxylation is 1. The Hall–Kier alpha value is -7.66. The molecule has 1 aromatic heterocycles. The van der Waals surface area contributed by atoms with E-state index in [0.717, 1.165) is 44.3 Å². The summed E-state index contributed by atoms with van der Waals surface area (Å²) in [6, 6.07) is 36.9. The maximum absolute atomic E-state index is 15.7. The molecule has 6 atom stereocenters. The number of ketones is 1. The van der Waals surface area contributed by atoms with Gasteiger partial charge in [-0.25, -0.2) is 0 Å². The van der Waals surface area contributed by atoms with Crippen LogP contribution in [0.5, 0.6) is 5.75 Å². The normalized spacial score (nSPS) is 23.3. The third-order valence-electron chi connectivity index (χ3n) is 15.4. The Morgan fingerprint density at radius 2 is 1.21 bits per heavy atom. The van der Waals surface area contributed by atoms with Gasteiger partial charge in [-0.05, 0) is 64.4 Å². The first kappa shape index (κ1) is 51.8. The summed E-state index contributed by atoms with van der Waals surface area (Å²) in [7, 11) is 0. The Labute approximate surface area is 443 Å². The minimum absolute atomic E-state index is 0.0686. The standard InChI is InChI=1S/C60H67N9O7/c70-55-34-46(37-67-28-25-61-26-29-67)56(71)66-52(31-41-19-22-47(23-20-41)76-39-42-13-5-2-6-14-42)59(74)69-38-44-16-8-7-15-43(44)33-53(69)60(75)68-30-27-62-36-54(68)58(73)64-50(24-21-40-11-3-1-4-12-40)57(72)65-51(55)32-45-35-63-49-18-10-9-17-48(45)49/h1-20,22-23,35,46,50-54,61-63H,21,24-34,36-39H2,(H,64,73)(H,65,72)(H,66,71)/t46-,50-,51+,52-,53-,54?/m0/s1. The first-order valence-corrected chi connectivity index (χ1v) is 26.7. The van der Waals surface area contributed by atoms with E-state index in [-0.39, 0.29) is 64.1 Å². The van der Waals surface area contributed by atoms with Crippen LogP contribution in [0.15, 0.2) is 140 Å². The molecule has 5 amide bonds. The molecule has 0 bridgehead atoms. The second-order valence-corrected chi connectivity index (χ2v) is 20.5. The zero-order chi connectivity index (χ0) is 52.4. The van der Waals surface area contributed by atoms with Crippen molar-refractivity contribution in [3.8, 4) is 5.75 Å². The average Bonchev–Trinajstić information content (AvgIpc) is 3.89. The van der Waals surface area contributed by atoms with E-state index in [0.29, 0.717) is 51.5 Å². The van der Waals surface area contributed by atoms with E-state index in [2.05, 4.69) is 36.5 Å². The molecule has 6 aromatic rings. The maximum Gasteiger partial charge on any atom is 0.246 e. The highest BCUT2D eigenvalue weighted by Gasteiger charge is 2.44. The number of ether oxygens (including phenoxy) is 1. The number of aromatic amines is 1. The second kappa shape index (κ2) is 24.3. The van der Waals surface area contributed by atoms with E-state index in [4.69, 9.17) is 4.74 Å². The molecule has 0 spiro atoms. The molecular weight excluding hydrogens is 959 g/mol. The van der Waals surface area contributed by atoms with Crippen LogP contribution in [0.25, 0.3) is 10.9 Å². The van der Waals surface area contributed by atoms with Gasteiger partial charge in [0.15, 0.2) is 5.78 Å². The number of carbonyl (C=O) groups is 6. The zero-order valence-electron chi connectivity index (χ0n) is 42.8. The van der Waals surface area contributed by atoms with Gasteiger partial charge >= 0.3 is 0 Å². The lowest BCUT2D eigenvalue weighted by molar-refractivity contribution is -0.153. The van der Waals surface area contributed by atoms with Crippen molar-refractivity contribution in [3.05, 3.63) is 173 Å². The Bertz CT molecular complexity index is 3000. The van der Waals surface area contributed by atoms with Crippen LogP contribution in [0.2, 0.25) is 0 Å². The van der Waals surface area contributed by atoms with E-state index >= 15 is 19.2 Å². The number of carbonyl (C=O) groups excluding carboxylic acids is 6. The number of hydrogen-bond acceptors (Lipinski definition) is 10. The molecular formula is C60H67N9O7. The number of aromatic nitrogens is 1. The van der Waals surface area contributed by atoms with E-state index in [1.165, 1.54) is 4.90 Å². The molecule has 0 saturated carbocycles. The van der Waals surface area contributed by atoms with Gasteiger partial charge in [0.2, 0.25) is 29.5 Å². The number of H-pyrrole nitrogens is 1. The lowest BCUT2D eigenvalue weighted by atomic mass is 9.90. The smallest absolute Gasteiger partial charge is 0.246 e. The number of rotatable bonds is 12. The minimum Gasteiger partial charge on any atom is -0.489 e. The number of fused-ring (bicyclic) bond motifs is 4. The third-order valence-corrected chi connectivity index (χ3v) is 15.4. The summed E-state index contributed by atoms with van der Waals surface area (Å²) in [6.45, 7) is 4.05. The second-order valence-electron chi connectivity index (χ2n) is 20.5. The first-order valence-electron chi connectivity index (χ1n) is 26.7. The minimum atomic E-state index is -1.17. The number of piperazine rings is 2. The number of amides is 5. The van der Waals surface area contributed by atoms with Crippen molar-refractivity contribution in [1.82, 2.24) is 46.3 Å². The summed E-state index contributed by atoms with van der Waals surface area (Å²) in [5.41, 5.74) is 6.16. The summed E-state index contributed by atoms with van der Waals surface area (Å²) in [5, 5.41) is 16.8. The van der Waals surface area contributed by atoms with Crippen LogP contribution in [0.4, 0.5) is 0 Å². The molecule has 0 aliphatic carbocycles. The molecule has 4 aliphatic rings. The molecule has 5 heterocycles. The van der Waals surface area contributed by atoms with Gasteiger partial charge in [0.25, 0.3) is 0 Å². The highest BCUT2D eigenvalue weighted by atomic mass is 16.5. The summed E-state index contributed by atoms with van der Waals surface area (Å²) in [6.07, 6.45) is 2.58. The van der Waals surface area contributed by atoms with E-state index in [1.54, 1.807) is 4.90 Å². The maximum atomic E-state index is 15.7. The molecule has 0 radical (unpaired) electrons. The number of nitrogens with zero attached hydrogens (tertiary/aromatic N) is 3. The molecule has 76 heavy (non-hydrogen) atoms. The topological polar surface area (TPSA) is 197 Å². The molecule has 10 rings (SSSR count). The van der Waals surface area contributed by atoms with Crippen LogP contribution in [-0.2, 0) is 67.6 Å². The van der Waals surface area contributed by atoms with Crippen LogP contribution >= 0.6 is 0 Å². The monoisotopic (exact) mass is 1030 g/mol. The molecule has 1 unspecified atom stereocenters. The van der Waals surface area contributed by atoms with Gasteiger partial charge in [-0.1, -0.05) is 115 Å². The Balaban J connectivity index is 1.03. The molecule has 394 valence electrons.